The molecule has 2 fully saturated rings. The smallest absolute Gasteiger partial charge is 0.231 e. The summed E-state index contributed by atoms with van der Waals surface area (Å²) in [5.41, 5.74) is 5.19. The third kappa shape index (κ3) is 6.45. The van der Waals surface area contributed by atoms with Crippen molar-refractivity contribution in [2.75, 3.05) is 46.4 Å². The second kappa shape index (κ2) is 9.20. The number of morpholine rings is 1. The topological polar surface area (TPSA) is 85.1 Å². The van der Waals surface area contributed by atoms with Crippen molar-refractivity contribution in [2.24, 2.45) is 5.73 Å². The third-order valence-electron chi connectivity index (χ3n) is 4.39. The minimum absolute atomic E-state index is 0.0667. The van der Waals surface area contributed by atoms with Crippen molar-refractivity contribution in [3.63, 3.8) is 0 Å². The van der Waals surface area contributed by atoms with E-state index < -0.39 is 0 Å². The average Bonchev–Trinajstić information content (AvgIpc) is 2.53. The molecular formula is C16H29N3O4. The van der Waals surface area contributed by atoms with E-state index in [1.807, 2.05) is 16.8 Å². The van der Waals surface area contributed by atoms with Gasteiger partial charge in [-0.05, 0) is 32.7 Å². The van der Waals surface area contributed by atoms with Gasteiger partial charge in [0.25, 0.3) is 0 Å². The molecule has 2 N–H and O–H groups in total. The van der Waals surface area contributed by atoms with Gasteiger partial charge in [-0.1, -0.05) is 0 Å². The van der Waals surface area contributed by atoms with Gasteiger partial charge in [-0.2, -0.15) is 0 Å². The number of hydrogen-bond donors (Lipinski definition) is 1. The summed E-state index contributed by atoms with van der Waals surface area (Å²) in [5, 5.41) is 0. The Labute approximate surface area is 138 Å². The predicted molar refractivity (Wildman–Crippen MR) is 85.8 cm³/mol. The van der Waals surface area contributed by atoms with Gasteiger partial charge in [-0.3, -0.25) is 14.5 Å². The van der Waals surface area contributed by atoms with E-state index in [0.29, 0.717) is 32.7 Å². The number of primary amides is 1. The number of hydrogen-bond acceptors (Lipinski definition) is 5. The summed E-state index contributed by atoms with van der Waals surface area (Å²) < 4.78 is 11.4. The molecule has 0 radical (unpaired) electrons. The lowest BCUT2D eigenvalue weighted by atomic mass is 10.0. The van der Waals surface area contributed by atoms with Crippen LogP contribution in [-0.4, -0.2) is 80.3 Å². The molecule has 2 aliphatic heterocycles. The zero-order chi connectivity index (χ0) is 16.7. The third-order valence-corrected chi connectivity index (χ3v) is 4.39. The molecule has 2 heterocycles. The van der Waals surface area contributed by atoms with E-state index in [4.69, 9.17) is 15.2 Å². The van der Waals surface area contributed by atoms with Gasteiger partial charge in [0.2, 0.25) is 11.8 Å². The summed E-state index contributed by atoms with van der Waals surface area (Å²) in [5.74, 6) is -0.186. The molecule has 0 bridgehead atoms. The first kappa shape index (κ1) is 18.2. The second-order valence-corrected chi connectivity index (χ2v) is 6.52. The minimum atomic E-state index is -0.358. The summed E-state index contributed by atoms with van der Waals surface area (Å²) in [6.45, 7) is 3.38. The highest BCUT2D eigenvalue weighted by Gasteiger charge is 2.26. The van der Waals surface area contributed by atoms with Crippen molar-refractivity contribution in [3.8, 4) is 0 Å². The summed E-state index contributed by atoms with van der Waals surface area (Å²) in [4.78, 5) is 27.0. The molecule has 0 aromatic rings. The number of nitrogens with zero attached hydrogens (tertiary/aromatic N) is 2. The average molecular weight is 327 g/mol. The van der Waals surface area contributed by atoms with Crippen LogP contribution in [0.3, 0.4) is 0 Å². The Morgan fingerprint density at radius 1 is 1.22 bits per heavy atom. The van der Waals surface area contributed by atoms with Crippen molar-refractivity contribution in [3.05, 3.63) is 0 Å². The fraction of sp³-hybridized carbons (Fsp3) is 0.875. The van der Waals surface area contributed by atoms with Gasteiger partial charge in [-0.25, -0.2) is 0 Å². The van der Waals surface area contributed by atoms with Crippen LogP contribution in [0.1, 0.15) is 32.1 Å². The van der Waals surface area contributed by atoms with Gasteiger partial charge >= 0.3 is 0 Å². The maximum atomic E-state index is 12.4. The fourth-order valence-corrected chi connectivity index (χ4v) is 3.21. The first-order valence-corrected chi connectivity index (χ1v) is 8.52. The molecule has 0 aliphatic carbocycles. The highest BCUT2D eigenvalue weighted by atomic mass is 16.5. The van der Waals surface area contributed by atoms with Crippen LogP contribution in [0.15, 0.2) is 0 Å². The highest BCUT2D eigenvalue weighted by molar-refractivity contribution is 5.76. The van der Waals surface area contributed by atoms with Crippen LogP contribution < -0.4 is 5.73 Å². The monoisotopic (exact) mass is 327 g/mol. The van der Waals surface area contributed by atoms with Crippen LogP contribution in [0.25, 0.3) is 0 Å². The Bertz CT molecular complexity index is 399. The van der Waals surface area contributed by atoms with Crippen molar-refractivity contribution in [1.29, 1.82) is 0 Å². The van der Waals surface area contributed by atoms with E-state index in [-0.39, 0.29) is 30.6 Å². The maximum Gasteiger partial charge on any atom is 0.231 e. The lowest BCUT2D eigenvalue weighted by Gasteiger charge is -2.35. The van der Waals surface area contributed by atoms with Gasteiger partial charge < -0.3 is 20.1 Å². The Balaban J connectivity index is 1.71. The number of carbonyl (C=O) groups excluding carboxylic acids is 2. The van der Waals surface area contributed by atoms with E-state index in [1.165, 1.54) is 6.42 Å². The molecule has 2 aliphatic rings. The Morgan fingerprint density at radius 2 is 2.00 bits per heavy atom. The summed E-state index contributed by atoms with van der Waals surface area (Å²) >= 11 is 0. The Hall–Kier alpha value is -1.18. The van der Waals surface area contributed by atoms with E-state index in [0.717, 1.165) is 25.9 Å². The van der Waals surface area contributed by atoms with Crippen LogP contribution >= 0.6 is 0 Å². The molecule has 23 heavy (non-hydrogen) atoms. The summed E-state index contributed by atoms with van der Waals surface area (Å²) in [7, 11) is 1.83. The zero-order valence-electron chi connectivity index (χ0n) is 14.0. The summed E-state index contributed by atoms with van der Waals surface area (Å²) in [6.07, 6.45) is 4.92. The van der Waals surface area contributed by atoms with Crippen LogP contribution in [0.2, 0.25) is 0 Å². The molecule has 0 saturated carbocycles. The SMILES string of the molecule is CN(CC(N)=O)C[C@@H]1CN(C(=O)CC[C@H]2CCCCO2)CCO1. The molecule has 2 saturated heterocycles. The molecule has 2 rings (SSSR count). The quantitative estimate of drug-likeness (QED) is 0.710. The number of carbonyl (C=O) groups is 2. The van der Waals surface area contributed by atoms with Crippen LogP contribution in [0.4, 0.5) is 0 Å². The molecule has 0 unspecified atom stereocenters. The van der Waals surface area contributed by atoms with Gasteiger partial charge in [0.15, 0.2) is 0 Å². The zero-order valence-corrected chi connectivity index (χ0v) is 14.0. The Morgan fingerprint density at radius 3 is 2.70 bits per heavy atom. The standard InChI is InChI=1S/C16H29N3O4/c1-18(12-15(17)20)10-14-11-19(7-9-23-14)16(21)6-5-13-4-2-3-8-22-13/h13-14H,2-12H2,1H3,(H2,17,20)/t13-,14-/m1/s1. The molecule has 2 amide bonds. The maximum absolute atomic E-state index is 12.4. The second-order valence-electron chi connectivity index (χ2n) is 6.52. The number of amides is 2. The van der Waals surface area contributed by atoms with Crippen molar-refractivity contribution in [1.82, 2.24) is 9.80 Å². The van der Waals surface area contributed by atoms with Gasteiger partial charge in [0, 0.05) is 32.7 Å². The first-order chi connectivity index (χ1) is 11.0. The molecule has 0 aromatic heterocycles. The predicted octanol–water partition coefficient (Wildman–Crippen LogP) is -0.0198. The van der Waals surface area contributed by atoms with Crippen LogP contribution in [0, 0.1) is 0 Å². The van der Waals surface area contributed by atoms with Crippen molar-refractivity contribution >= 4 is 11.8 Å². The first-order valence-electron chi connectivity index (χ1n) is 8.52. The molecule has 0 spiro atoms. The van der Waals surface area contributed by atoms with Crippen molar-refractivity contribution in [2.45, 2.75) is 44.3 Å². The van der Waals surface area contributed by atoms with E-state index in [1.54, 1.807) is 0 Å². The Kier molecular flexibility index (Phi) is 7.26. The lowest BCUT2D eigenvalue weighted by Crippen LogP contribution is -2.50. The molecule has 0 aromatic carbocycles. The van der Waals surface area contributed by atoms with Crippen molar-refractivity contribution < 1.29 is 19.1 Å². The number of rotatable bonds is 7. The number of likely N-dealkylation sites (N-methyl/N-ethyl adjacent to an activating group) is 1. The molecule has 2 atom stereocenters. The molecular weight excluding hydrogens is 298 g/mol. The largest absolute Gasteiger partial charge is 0.378 e. The van der Waals surface area contributed by atoms with Gasteiger partial charge in [-0.15, -0.1) is 0 Å². The fourth-order valence-electron chi connectivity index (χ4n) is 3.21. The summed E-state index contributed by atoms with van der Waals surface area (Å²) in [6, 6.07) is 0. The number of ether oxygens (including phenoxy) is 2. The number of nitrogens with two attached hydrogens (primary N) is 1. The minimum Gasteiger partial charge on any atom is -0.378 e. The molecule has 7 heteroatoms. The van der Waals surface area contributed by atoms with E-state index in [2.05, 4.69) is 0 Å². The highest BCUT2D eigenvalue weighted by Crippen LogP contribution is 2.18. The lowest BCUT2D eigenvalue weighted by molar-refractivity contribution is -0.140. The molecule has 7 nitrogen and oxygen atoms in total. The van der Waals surface area contributed by atoms with Crippen LogP contribution in [-0.2, 0) is 19.1 Å². The van der Waals surface area contributed by atoms with Gasteiger partial charge in [0.1, 0.15) is 0 Å². The van der Waals surface area contributed by atoms with Gasteiger partial charge in [0.05, 0.1) is 25.4 Å². The van der Waals surface area contributed by atoms with E-state index in [9.17, 15) is 9.59 Å². The molecule has 132 valence electrons. The van der Waals surface area contributed by atoms with E-state index >= 15 is 0 Å². The normalized spacial score (nSPS) is 25.6. The van der Waals surface area contributed by atoms with Crippen LogP contribution in [0.5, 0.6) is 0 Å².